The Hall–Kier alpha value is -9.31. The normalized spacial score (nSPS) is 11.6. The number of para-hydroxylation sites is 1. The molecule has 3 heterocycles. The maximum atomic E-state index is 7.49. The van der Waals surface area contributed by atoms with Crippen molar-refractivity contribution in [1.29, 1.82) is 0 Å². The summed E-state index contributed by atoms with van der Waals surface area (Å²) in [5.41, 5.74) is 12.4. The van der Waals surface area contributed by atoms with Crippen LogP contribution in [0, 0.1) is 6.57 Å². The minimum absolute atomic E-state index is 0.571. The molecule has 0 saturated carbocycles. The van der Waals surface area contributed by atoms with Gasteiger partial charge in [-0.3, -0.25) is 4.98 Å². The van der Waals surface area contributed by atoms with Crippen LogP contribution in [0.25, 0.3) is 138 Å². The second kappa shape index (κ2) is 15.4. The lowest BCUT2D eigenvalue weighted by Crippen LogP contribution is -2.00. The number of hydrogen-bond acceptors (Lipinski definition) is 5. The third kappa shape index (κ3) is 6.41. The van der Waals surface area contributed by atoms with Crippen LogP contribution in [0.3, 0.4) is 0 Å². The van der Waals surface area contributed by atoms with Crippen molar-refractivity contribution in [2.75, 3.05) is 0 Å². The van der Waals surface area contributed by atoms with E-state index >= 15 is 0 Å². The first kappa shape index (κ1) is 38.2. The van der Waals surface area contributed by atoms with E-state index in [1.54, 1.807) is 0 Å². The summed E-state index contributed by atoms with van der Waals surface area (Å²) in [4.78, 5) is 23.9. The Morgan fingerprint density at radius 3 is 1.66 bits per heavy atom. The Bertz CT molecular complexity index is 4170. The lowest BCUT2D eigenvalue weighted by Gasteiger charge is -2.17. The Kier molecular flexibility index (Phi) is 8.80. The van der Waals surface area contributed by atoms with Gasteiger partial charge in [-0.15, -0.1) is 0 Å². The summed E-state index contributed by atoms with van der Waals surface area (Å²) in [5, 5.41) is 10.1. The highest BCUT2D eigenvalue weighted by atomic mass is 16.3. The Morgan fingerprint density at radius 2 is 0.881 bits per heavy atom. The predicted octanol–water partition coefficient (Wildman–Crippen LogP) is 16.3. The molecular formula is C61H35N5O. The molecule has 0 atom stereocenters. The zero-order chi connectivity index (χ0) is 44.4. The van der Waals surface area contributed by atoms with E-state index in [-0.39, 0.29) is 0 Å². The molecule has 0 aliphatic rings. The molecule has 0 aliphatic heterocycles. The van der Waals surface area contributed by atoms with Crippen LogP contribution in [0.15, 0.2) is 217 Å². The van der Waals surface area contributed by atoms with Crippen molar-refractivity contribution in [2.45, 2.75) is 0 Å². The second-order valence-electron chi connectivity index (χ2n) is 16.8. The van der Waals surface area contributed by atoms with E-state index in [0.29, 0.717) is 23.2 Å². The van der Waals surface area contributed by atoms with Crippen LogP contribution in [-0.4, -0.2) is 19.9 Å². The standard InChI is InChI=1S/C61H35N5O/c1-62-42-27-24-37(25-28-42)52-35-54-51-22-12-32-63-58(51)55(36-53(54)47-20-8-7-19-46(47)52)48-31-30-43(44-17-5-6-18-45(44)48)39-15-11-16-40(33-39)60-64-59(38-13-3-2-4-14-38)65-61(66-60)41-26-29-50-49-21-9-10-23-56(49)67-57(50)34-41/h2-36H. The zero-order valence-corrected chi connectivity index (χ0v) is 35.9. The van der Waals surface area contributed by atoms with E-state index in [1.807, 2.05) is 91.1 Å². The van der Waals surface area contributed by atoms with Crippen LogP contribution in [-0.2, 0) is 0 Å². The topological polar surface area (TPSA) is 69.1 Å². The molecule has 67 heavy (non-hydrogen) atoms. The van der Waals surface area contributed by atoms with E-state index in [9.17, 15) is 0 Å². The quantitative estimate of drug-likeness (QED) is 0.123. The van der Waals surface area contributed by atoms with E-state index in [4.69, 9.17) is 30.9 Å². The monoisotopic (exact) mass is 853 g/mol. The van der Waals surface area contributed by atoms with Gasteiger partial charge in [-0.2, -0.15) is 0 Å². The highest BCUT2D eigenvalue weighted by Crippen LogP contribution is 2.44. The molecule has 13 rings (SSSR count). The SMILES string of the molecule is [C-]#[N+]c1ccc(-c2cc3c4cccnc4c(-c4ccc(-c5cccc(-c6nc(-c7ccccc7)nc(-c7ccc8c(c7)oc7ccccc78)n6)c5)c5ccccc45)cc3c3ccccc23)cc1. The van der Waals surface area contributed by atoms with Crippen LogP contribution in [0.5, 0.6) is 0 Å². The average molecular weight is 854 g/mol. The molecule has 6 heteroatoms. The lowest BCUT2D eigenvalue weighted by atomic mass is 9.87. The number of rotatable bonds is 6. The maximum Gasteiger partial charge on any atom is 0.187 e. The molecule has 10 aromatic carbocycles. The Balaban J connectivity index is 0.952. The van der Waals surface area contributed by atoms with Crippen LogP contribution in [0.1, 0.15) is 0 Å². The number of benzene rings is 10. The van der Waals surface area contributed by atoms with Crippen LogP contribution in [0.2, 0.25) is 0 Å². The summed E-state index contributed by atoms with van der Waals surface area (Å²) in [5.74, 6) is 1.75. The molecule has 0 amide bonds. The number of hydrogen-bond donors (Lipinski definition) is 0. The molecule has 0 N–H and O–H groups in total. The van der Waals surface area contributed by atoms with Crippen molar-refractivity contribution in [3.05, 3.63) is 224 Å². The largest absolute Gasteiger partial charge is 0.456 e. The van der Waals surface area contributed by atoms with Crippen molar-refractivity contribution in [3.8, 4) is 67.5 Å². The van der Waals surface area contributed by atoms with Crippen LogP contribution in [0.4, 0.5) is 5.69 Å². The van der Waals surface area contributed by atoms with Gasteiger partial charge in [-0.25, -0.2) is 19.8 Å². The van der Waals surface area contributed by atoms with Crippen LogP contribution < -0.4 is 0 Å². The van der Waals surface area contributed by atoms with E-state index < -0.39 is 0 Å². The molecule has 0 aliphatic carbocycles. The van der Waals surface area contributed by atoms with Gasteiger partial charge in [0.1, 0.15) is 11.2 Å². The molecule has 3 aromatic heterocycles. The van der Waals surface area contributed by atoms with Gasteiger partial charge >= 0.3 is 0 Å². The molecule has 13 aromatic rings. The number of pyridine rings is 1. The molecule has 0 spiro atoms. The number of fused-ring (bicyclic) bond motifs is 9. The number of nitrogens with zero attached hydrogens (tertiary/aromatic N) is 5. The third-order valence-corrected chi connectivity index (χ3v) is 13.0. The van der Waals surface area contributed by atoms with Crippen LogP contribution >= 0.6 is 0 Å². The fourth-order valence-electron chi connectivity index (χ4n) is 9.81. The fourth-order valence-corrected chi connectivity index (χ4v) is 9.81. The Morgan fingerprint density at radius 1 is 0.328 bits per heavy atom. The van der Waals surface area contributed by atoms with Gasteiger partial charge in [0.15, 0.2) is 23.2 Å². The average Bonchev–Trinajstić information content (AvgIpc) is 3.78. The molecule has 0 bridgehead atoms. The maximum absolute atomic E-state index is 7.49. The number of furan rings is 1. The van der Waals surface area contributed by atoms with Gasteiger partial charge in [-0.05, 0) is 103 Å². The summed E-state index contributed by atoms with van der Waals surface area (Å²) in [6, 6.07) is 71.3. The van der Waals surface area contributed by atoms with Crippen molar-refractivity contribution >= 4 is 70.8 Å². The first-order valence-corrected chi connectivity index (χ1v) is 22.2. The molecule has 0 fully saturated rings. The molecule has 6 nitrogen and oxygen atoms in total. The van der Waals surface area contributed by atoms with E-state index in [1.165, 1.54) is 5.39 Å². The molecule has 0 saturated heterocycles. The van der Waals surface area contributed by atoms with Gasteiger partial charge in [0.05, 0.1) is 12.1 Å². The highest BCUT2D eigenvalue weighted by molar-refractivity contribution is 6.24. The Labute approximate surface area is 385 Å². The van der Waals surface area contributed by atoms with E-state index in [2.05, 4.69) is 126 Å². The summed E-state index contributed by atoms with van der Waals surface area (Å²) >= 11 is 0. The highest BCUT2D eigenvalue weighted by Gasteiger charge is 2.19. The van der Waals surface area contributed by atoms with Gasteiger partial charge in [-0.1, -0.05) is 164 Å². The molecule has 0 radical (unpaired) electrons. The number of aromatic nitrogens is 4. The third-order valence-electron chi connectivity index (χ3n) is 13.0. The van der Waals surface area contributed by atoms with Crippen molar-refractivity contribution < 1.29 is 4.42 Å². The first-order chi connectivity index (χ1) is 33.1. The second-order valence-corrected chi connectivity index (χ2v) is 16.8. The van der Waals surface area contributed by atoms with Gasteiger partial charge in [0.2, 0.25) is 0 Å². The summed E-state index contributed by atoms with van der Waals surface area (Å²) in [7, 11) is 0. The summed E-state index contributed by atoms with van der Waals surface area (Å²) in [6.45, 7) is 7.49. The van der Waals surface area contributed by atoms with E-state index in [0.717, 1.165) is 110 Å². The molecule has 310 valence electrons. The zero-order valence-electron chi connectivity index (χ0n) is 35.9. The summed E-state index contributed by atoms with van der Waals surface area (Å²) < 4.78 is 6.28. The first-order valence-electron chi connectivity index (χ1n) is 22.2. The smallest absolute Gasteiger partial charge is 0.187 e. The lowest BCUT2D eigenvalue weighted by molar-refractivity contribution is 0.669. The molecule has 0 unspecified atom stereocenters. The van der Waals surface area contributed by atoms with Crippen molar-refractivity contribution in [3.63, 3.8) is 0 Å². The predicted molar refractivity (Wildman–Crippen MR) is 274 cm³/mol. The minimum Gasteiger partial charge on any atom is -0.456 e. The van der Waals surface area contributed by atoms with Crippen molar-refractivity contribution in [1.82, 2.24) is 19.9 Å². The fraction of sp³-hybridized carbons (Fsp3) is 0. The van der Waals surface area contributed by atoms with Gasteiger partial charge in [0.25, 0.3) is 0 Å². The molecular weight excluding hydrogens is 819 g/mol. The van der Waals surface area contributed by atoms with Crippen molar-refractivity contribution in [2.24, 2.45) is 0 Å². The summed E-state index contributed by atoms with van der Waals surface area (Å²) in [6.07, 6.45) is 1.89. The van der Waals surface area contributed by atoms with Gasteiger partial charge in [0, 0.05) is 44.6 Å². The minimum atomic E-state index is 0.571. The van der Waals surface area contributed by atoms with Gasteiger partial charge < -0.3 is 4.42 Å².